The van der Waals surface area contributed by atoms with Crippen molar-refractivity contribution in [1.82, 2.24) is 14.9 Å². The van der Waals surface area contributed by atoms with Crippen LogP contribution in [0.4, 0.5) is 0 Å². The zero-order valence-corrected chi connectivity index (χ0v) is 21.0. The van der Waals surface area contributed by atoms with Gasteiger partial charge >= 0.3 is 0 Å². The van der Waals surface area contributed by atoms with Crippen LogP contribution in [0.5, 0.6) is 0 Å². The average molecular weight is 495 g/mol. The molecule has 9 nitrogen and oxygen atoms in total. The SMILES string of the molecule is CC1CCC=CC2CC2(C(=O)NS(=O)(=O)C2CCC2)NC(=O)C2CCCN2C(=O)C(N)C(C)C1. The van der Waals surface area contributed by atoms with Crippen molar-refractivity contribution in [2.75, 3.05) is 6.54 Å². The summed E-state index contributed by atoms with van der Waals surface area (Å²) in [5.41, 5.74) is 5.02. The highest BCUT2D eigenvalue weighted by Crippen LogP contribution is 2.46. The number of nitrogens with two attached hydrogens (primary N) is 1. The van der Waals surface area contributed by atoms with E-state index in [1.807, 2.05) is 19.1 Å². The zero-order valence-electron chi connectivity index (χ0n) is 20.2. The first kappa shape index (κ1) is 25.2. The predicted molar refractivity (Wildman–Crippen MR) is 128 cm³/mol. The molecule has 6 unspecified atom stereocenters. The number of sulfonamides is 1. The average Bonchev–Trinajstić information content (AvgIpc) is 3.18. The first-order valence-electron chi connectivity index (χ1n) is 12.7. The number of carbonyl (C=O) groups is 3. The second kappa shape index (κ2) is 9.60. The van der Waals surface area contributed by atoms with Crippen LogP contribution in [0.25, 0.3) is 0 Å². The van der Waals surface area contributed by atoms with Crippen molar-refractivity contribution < 1.29 is 22.8 Å². The van der Waals surface area contributed by atoms with E-state index in [0.717, 1.165) is 25.7 Å². The Balaban J connectivity index is 1.58. The zero-order chi connectivity index (χ0) is 24.7. The second-order valence-corrected chi connectivity index (χ2v) is 12.8. The van der Waals surface area contributed by atoms with Gasteiger partial charge in [-0.1, -0.05) is 32.4 Å². The molecule has 3 fully saturated rings. The van der Waals surface area contributed by atoms with Crippen molar-refractivity contribution in [3.05, 3.63) is 12.2 Å². The van der Waals surface area contributed by atoms with E-state index in [1.54, 1.807) is 4.90 Å². The van der Waals surface area contributed by atoms with Gasteiger partial charge in [0, 0.05) is 12.5 Å². The van der Waals surface area contributed by atoms with Crippen molar-refractivity contribution in [2.45, 2.75) is 94.5 Å². The number of allylic oxidation sites excluding steroid dienone is 1. The maximum Gasteiger partial charge on any atom is 0.259 e. The van der Waals surface area contributed by atoms with Gasteiger partial charge in [0.1, 0.15) is 11.6 Å². The van der Waals surface area contributed by atoms with Crippen molar-refractivity contribution in [3.8, 4) is 0 Å². The van der Waals surface area contributed by atoms with Gasteiger partial charge in [0.2, 0.25) is 21.8 Å². The van der Waals surface area contributed by atoms with Crippen LogP contribution < -0.4 is 15.8 Å². The van der Waals surface area contributed by atoms with E-state index in [-0.39, 0.29) is 17.7 Å². The molecule has 0 aromatic rings. The molecule has 190 valence electrons. The van der Waals surface area contributed by atoms with Gasteiger partial charge in [-0.3, -0.25) is 19.1 Å². The largest absolute Gasteiger partial charge is 0.339 e. The molecule has 0 radical (unpaired) electrons. The molecular weight excluding hydrogens is 456 g/mol. The quantitative estimate of drug-likeness (QED) is 0.504. The van der Waals surface area contributed by atoms with Gasteiger partial charge in [0.15, 0.2) is 0 Å². The van der Waals surface area contributed by atoms with Crippen LogP contribution in [0.15, 0.2) is 12.2 Å². The maximum atomic E-state index is 13.3. The highest BCUT2D eigenvalue weighted by Gasteiger charge is 2.61. The van der Waals surface area contributed by atoms with Gasteiger partial charge < -0.3 is 16.0 Å². The maximum absolute atomic E-state index is 13.3. The van der Waals surface area contributed by atoms with Crippen LogP contribution >= 0.6 is 0 Å². The highest BCUT2D eigenvalue weighted by molar-refractivity contribution is 7.90. The molecule has 0 bridgehead atoms. The normalized spacial score (nSPS) is 37.5. The first-order valence-corrected chi connectivity index (χ1v) is 14.2. The van der Waals surface area contributed by atoms with E-state index in [4.69, 9.17) is 5.73 Å². The third-order valence-corrected chi connectivity index (χ3v) is 10.0. The minimum Gasteiger partial charge on any atom is -0.339 e. The molecule has 1 saturated heterocycles. The summed E-state index contributed by atoms with van der Waals surface area (Å²) in [5.74, 6) is -1.24. The van der Waals surface area contributed by atoms with E-state index in [1.165, 1.54) is 0 Å². The monoisotopic (exact) mass is 494 g/mol. The number of rotatable bonds is 3. The van der Waals surface area contributed by atoms with Crippen LogP contribution in [-0.2, 0) is 24.4 Å². The third kappa shape index (κ3) is 4.89. The number of amides is 3. The molecule has 0 aromatic carbocycles. The van der Waals surface area contributed by atoms with Crippen LogP contribution in [0, 0.1) is 17.8 Å². The number of hydrogen-bond acceptors (Lipinski definition) is 6. The first-order chi connectivity index (χ1) is 16.0. The Bertz CT molecular complexity index is 962. The van der Waals surface area contributed by atoms with Crippen LogP contribution in [0.1, 0.15) is 71.6 Å². The molecular formula is C24H38N4O5S. The summed E-state index contributed by atoms with van der Waals surface area (Å²) in [7, 11) is -3.77. The second-order valence-electron chi connectivity index (χ2n) is 10.8. The molecule has 4 aliphatic rings. The smallest absolute Gasteiger partial charge is 0.259 e. The molecule has 0 aromatic heterocycles. The van der Waals surface area contributed by atoms with E-state index in [9.17, 15) is 22.8 Å². The number of nitrogens with zero attached hydrogens (tertiary/aromatic N) is 1. The molecule has 2 aliphatic heterocycles. The molecule has 2 saturated carbocycles. The fraction of sp³-hybridized carbons (Fsp3) is 0.792. The van der Waals surface area contributed by atoms with E-state index >= 15 is 0 Å². The number of nitrogens with one attached hydrogen (secondary N) is 2. The van der Waals surface area contributed by atoms with Crippen LogP contribution in [0.2, 0.25) is 0 Å². The van der Waals surface area contributed by atoms with Crippen molar-refractivity contribution in [3.63, 3.8) is 0 Å². The van der Waals surface area contributed by atoms with Gasteiger partial charge in [-0.2, -0.15) is 0 Å². The molecule has 2 heterocycles. The van der Waals surface area contributed by atoms with Gasteiger partial charge in [0.25, 0.3) is 5.91 Å². The summed E-state index contributed by atoms with van der Waals surface area (Å²) < 4.78 is 27.5. The lowest BCUT2D eigenvalue weighted by Gasteiger charge is -2.31. The van der Waals surface area contributed by atoms with E-state index in [0.29, 0.717) is 44.6 Å². The summed E-state index contributed by atoms with van der Waals surface area (Å²) in [4.78, 5) is 41.3. The Morgan fingerprint density at radius 2 is 1.91 bits per heavy atom. The number of fused-ring (bicyclic) bond motifs is 2. The lowest BCUT2D eigenvalue weighted by molar-refractivity contribution is -0.141. The summed E-state index contributed by atoms with van der Waals surface area (Å²) >= 11 is 0. The summed E-state index contributed by atoms with van der Waals surface area (Å²) in [6.07, 6.45) is 9.91. The number of hydrogen-bond donors (Lipinski definition) is 3. The standard InChI is InChI=1S/C24H38N4O5S/c1-15-7-3-4-8-17-14-24(17,23(31)27-34(32,33)18-9-5-10-18)26-21(29)19-11-6-12-28(19)22(30)20(25)16(2)13-15/h4,8,15-20H,3,5-7,9-14,25H2,1-2H3,(H,26,29)(H,27,31). The van der Waals surface area contributed by atoms with Crippen LogP contribution in [0.3, 0.4) is 0 Å². The van der Waals surface area contributed by atoms with Gasteiger partial charge in [0.05, 0.1) is 11.3 Å². The highest BCUT2D eigenvalue weighted by atomic mass is 32.2. The fourth-order valence-electron chi connectivity index (χ4n) is 5.55. The molecule has 34 heavy (non-hydrogen) atoms. The summed E-state index contributed by atoms with van der Waals surface area (Å²) in [6.45, 7) is 4.57. The Kier molecular flexibility index (Phi) is 7.11. The molecule has 6 atom stereocenters. The Labute approximate surface area is 202 Å². The Morgan fingerprint density at radius 1 is 1.18 bits per heavy atom. The molecule has 4 rings (SSSR count). The number of carbonyl (C=O) groups excluding carboxylic acids is 3. The minimum absolute atomic E-state index is 0.0110. The topological polar surface area (TPSA) is 139 Å². The molecule has 4 N–H and O–H groups in total. The predicted octanol–water partition coefficient (Wildman–Crippen LogP) is 1.19. The van der Waals surface area contributed by atoms with Gasteiger partial charge in [-0.05, 0) is 63.2 Å². The molecule has 10 heteroatoms. The van der Waals surface area contributed by atoms with Crippen molar-refractivity contribution in [1.29, 1.82) is 0 Å². The van der Waals surface area contributed by atoms with Crippen molar-refractivity contribution in [2.24, 2.45) is 23.5 Å². The van der Waals surface area contributed by atoms with E-state index in [2.05, 4.69) is 17.0 Å². The van der Waals surface area contributed by atoms with Crippen molar-refractivity contribution >= 4 is 27.7 Å². The molecule has 2 aliphatic carbocycles. The summed E-state index contributed by atoms with van der Waals surface area (Å²) in [6, 6.07) is -1.39. The molecule has 3 amide bonds. The summed E-state index contributed by atoms with van der Waals surface area (Å²) in [5, 5.41) is 2.31. The van der Waals surface area contributed by atoms with Gasteiger partial charge in [-0.15, -0.1) is 0 Å². The fourth-order valence-corrected chi connectivity index (χ4v) is 7.11. The van der Waals surface area contributed by atoms with Gasteiger partial charge in [-0.25, -0.2) is 8.42 Å². The Hall–Kier alpha value is -1.94. The lowest BCUT2D eigenvalue weighted by Crippen LogP contribution is -2.58. The minimum atomic E-state index is -3.77. The van der Waals surface area contributed by atoms with Crippen LogP contribution in [-0.4, -0.2) is 60.5 Å². The van der Waals surface area contributed by atoms with E-state index < -0.39 is 44.7 Å². The molecule has 0 spiro atoms. The third-order valence-electron chi connectivity index (χ3n) is 8.20. The Morgan fingerprint density at radius 3 is 2.59 bits per heavy atom. The lowest BCUT2D eigenvalue weighted by atomic mass is 9.88.